The summed E-state index contributed by atoms with van der Waals surface area (Å²) in [6, 6.07) is 7.95. The van der Waals surface area contributed by atoms with Gasteiger partial charge in [-0.25, -0.2) is 0 Å². The van der Waals surface area contributed by atoms with Gasteiger partial charge in [0.05, 0.1) is 7.11 Å². The molecule has 3 heteroatoms. The van der Waals surface area contributed by atoms with Crippen LogP contribution in [0.5, 0.6) is 5.75 Å². The lowest BCUT2D eigenvalue weighted by Gasteiger charge is -2.20. The number of benzene rings is 1. The first-order valence-electron chi connectivity index (χ1n) is 5.75. The van der Waals surface area contributed by atoms with Gasteiger partial charge in [-0.2, -0.15) is 0 Å². The van der Waals surface area contributed by atoms with Crippen LogP contribution in [0.4, 0.5) is 5.69 Å². The van der Waals surface area contributed by atoms with Gasteiger partial charge in [-0.05, 0) is 30.5 Å². The Kier molecular flexibility index (Phi) is 5.12. The van der Waals surface area contributed by atoms with E-state index in [0.717, 1.165) is 18.0 Å². The summed E-state index contributed by atoms with van der Waals surface area (Å²) in [5.41, 5.74) is 6.81. The lowest BCUT2D eigenvalue weighted by Crippen LogP contribution is -2.27. The van der Waals surface area contributed by atoms with Gasteiger partial charge in [-0.1, -0.05) is 19.9 Å². The predicted octanol–water partition coefficient (Wildman–Crippen LogP) is 2.34. The van der Waals surface area contributed by atoms with Crippen LogP contribution in [0.15, 0.2) is 24.3 Å². The Morgan fingerprint density at radius 2 is 2.12 bits per heavy atom. The average Bonchev–Trinajstić information content (AvgIpc) is 2.29. The monoisotopic (exact) mass is 222 g/mol. The fourth-order valence-corrected chi connectivity index (χ4v) is 1.57. The molecule has 0 fully saturated rings. The fourth-order valence-electron chi connectivity index (χ4n) is 1.57. The molecule has 0 aliphatic heterocycles. The van der Waals surface area contributed by atoms with Gasteiger partial charge >= 0.3 is 0 Å². The zero-order chi connectivity index (χ0) is 12.0. The Labute approximate surface area is 98.0 Å². The lowest BCUT2D eigenvalue weighted by atomic mass is 9.96. The fraction of sp³-hybridized carbons (Fsp3) is 0.538. The highest BCUT2D eigenvalue weighted by atomic mass is 16.5. The molecular weight excluding hydrogens is 200 g/mol. The topological polar surface area (TPSA) is 47.3 Å². The molecule has 0 aromatic heterocycles. The molecule has 0 spiro atoms. The molecule has 0 saturated carbocycles. The van der Waals surface area contributed by atoms with Crippen molar-refractivity contribution in [2.75, 3.05) is 25.5 Å². The van der Waals surface area contributed by atoms with Crippen LogP contribution in [0.1, 0.15) is 13.8 Å². The quantitative estimate of drug-likeness (QED) is 0.776. The molecule has 0 heterocycles. The van der Waals surface area contributed by atoms with Gasteiger partial charge in [-0.3, -0.25) is 0 Å². The summed E-state index contributed by atoms with van der Waals surface area (Å²) in [4.78, 5) is 0. The van der Waals surface area contributed by atoms with Gasteiger partial charge in [0.1, 0.15) is 5.75 Å². The van der Waals surface area contributed by atoms with Crippen LogP contribution in [0, 0.1) is 11.8 Å². The Hall–Kier alpha value is -1.22. The molecule has 0 aliphatic rings. The molecular formula is C13H22N2O. The zero-order valence-corrected chi connectivity index (χ0v) is 10.4. The van der Waals surface area contributed by atoms with Crippen LogP contribution in [-0.4, -0.2) is 20.2 Å². The van der Waals surface area contributed by atoms with Gasteiger partial charge in [-0.15, -0.1) is 0 Å². The molecule has 0 saturated heterocycles. The second kappa shape index (κ2) is 6.38. The van der Waals surface area contributed by atoms with E-state index >= 15 is 0 Å². The summed E-state index contributed by atoms with van der Waals surface area (Å²) in [6.07, 6.45) is 0. The molecule has 1 aromatic rings. The minimum Gasteiger partial charge on any atom is -0.497 e. The van der Waals surface area contributed by atoms with Crippen molar-refractivity contribution in [2.24, 2.45) is 17.6 Å². The molecule has 1 aromatic carbocycles. The Bertz CT molecular complexity index is 313. The summed E-state index contributed by atoms with van der Waals surface area (Å²) >= 11 is 0. The lowest BCUT2D eigenvalue weighted by molar-refractivity contribution is 0.411. The SMILES string of the molecule is COc1cccc(NCC(CN)C(C)C)c1. The molecule has 0 bridgehead atoms. The third kappa shape index (κ3) is 3.74. The highest BCUT2D eigenvalue weighted by molar-refractivity contribution is 5.48. The molecule has 16 heavy (non-hydrogen) atoms. The van der Waals surface area contributed by atoms with Crippen molar-refractivity contribution in [2.45, 2.75) is 13.8 Å². The summed E-state index contributed by atoms with van der Waals surface area (Å²) < 4.78 is 5.17. The second-order valence-corrected chi connectivity index (χ2v) is 4.35. The Morgan fingerprint density at radius 1 is 1.38 bits per heavy atom. The van der Waals surface area contributed by atoms with Crippen molar-refractivity contribution >= 4 is 5.69 Å². The van der Waals surface area contributed by atoms with Crippen molar-refractivity contribution in [3.63, 3.8) is 0 Å². The van der Waals surface area contributed by atoms with E-state index in [-0.39, 0.29) is 0 Å². The van der Waals surface area contributed by atoms with Crippen LogP contribution in [-0.2, 0) is 0 Å². The molecule has 1 rings (SSSR count). The number of nitrogens with two attached hydrogens (primary N) is 1. The minimum absolute atomic E-state index is 0.506. The van der Waals surface area contributed by atoms with E-state index in [1.807, 2.05) is 24.3 Å². The van der Waals surface area contributed by atoms with Gasteiger partial charge < -0.3 is 15.8 Å². The number of ether oxygens (including phenoxy) is 1. The predicted molar refractivity (Wildman–Crippen MR) is 68.9 cm³/mol. The van der Waals surface area contributed by atoms with E-state index in [4.69, 9.17) is 10.5 Å². The van der Waals surface area contributed by atoms with E-state index in [9.17, 15) is 0 Å². The third-order valence-electron chi connectivity index (χ3n) is 2.88. The number of anilines is 1. The maximum absolute atomic E-state index is 5.73. The van der Waals surface area contributed by atoms with Crippen LogP contribution < -0.4 is 15.8 Å². The van der Waals surface area contributed by atoms with Gasteiger partial charge in [0.2, 0.25) is 0 Å². The summed E-state index contributed by atoms with van der Waals surface area (Å²) in [7, 11) is 1.68. The summed E-state index contributed by atoms with van der Waals surface area (Å²) in [6.45, 7) is 6.02. The van der Waals surface area contributed by atoms with Gasteiger partial charge in [0.25, 0.3) is 0 Å². The van der Waals surface area contributed by atoms with Crippen LogP contribution in [0.3, 0.4) is 0 Å². The maximum atomic E-state index is 5.73. The van der Waals surface area contributed by atoms with Crippen LogP contribution in [0.2, 0.25) is 0 Å². The normalized spacial score (nSPS) is 12.6. The minimum atomic E-state index is 0.506. The zero-order valence-electron chi connectivity index (χ0n) is 10.4. The first kappa shape index (κ1) is 12.8. The van der Waals surface area contributed by atoms with E-state index in [1.165, 1.54) is 0 Å². The van der Waals surface area contributed by atoms with Crippen LogP contribution >= 0.6 is 0 Å². The number of nitrogens with one attached hydrogen (secondary N) is 1. The average molecular weight is 222 g/mol. The third-order valence-corrected chi connectivity index (χ3v) is 2.88. The maximum Gasteiger partial charge on any atom is 0.120 e. The van der Waals surface area contributed by atoms with E-state index in [1.54, 1.807) is 7.11 Å². The standard InChI is InChI=1S/C13H22N2O/c1-10(2)11(8-14)9-15-12-5-4-6-13(7-12)16-3/h4-7,10-11,15H,8-9,14H2,1-3H3. The summed E-state index contributed by atoms with van der Waals surface area (Å²) in [5.74, 6) is 1.98. The van der Waals surface area contributed by atoms with Crippen molar-refractivity contribution in [1.82, 2.24) is 0 Å². The molecule has 1 atom stereocenters. The molecule has 0 aliphatic carbocycles. The molecule has 1 unspecified atom stereocenters. The second-order valence-electron chi connectivity index (χ2n) is 4.35. The highest BCUT2D eigenvalue weighted by Crippen LogP contribution is 2.18. The van der Waals surface area contributed by atoms with Crippen molar-refractivity contribution in [1.29, 1.82) is 0 Å². The molecule has 0 amide bonds. The molecule has 3 nitrogen and oxygen atoms in total. The smallest absolute Gasteiger partial charge is 0.120 e. The van der Waals surface area contributed by atoms with E-state index < -0.39 is 0 Å². The molecule has 90 valence electrons. The van der Waals surface area contributed by atoms with Gasteiger partial charge in [0.15, 0.2) is 0 Å². The Balaban J connectivity index is 2.53. The van der Waals surface area contributed by atoms with Crippen molar-refractivity contribution in [3.05, 3.63) is 24.3 Å². The van der Waals surface area contributed by atoms with Crippen LogP contribution in [0.25, 0.3) is 0 Å². The first-order chi connectivity index (χ1) is 7.67. The summed E-state index contributed by atoms with van der Waals surface area (Å²) in [5, 5.41) is 3.39. The largest absolute Gasteiger partial charge is 0.497 e. The van der Waals surface area contributed by atoms with Gasteiger partial charge in [0, 0.05) is 18.3 Å². The van der Waals surface area contributed by atoms with E-state index in [0.29, 0.717) is 18.4 Å². The van der Waals surface area contributed by atoms with E-state index in [2.05, 4.69) is 19.2 Å². The highest BCUT2D eigenvalue weighted by Gasteiger charge is 2.10. The van der Waals surface area contributed by atoms with Crippen molar-refractivity contribution in [3.8, 4) is 5.75 Å². The number of hydrogen-bond acceptors (Lipinski definition) is 3. The number of hydrogen-bond donors (Lipinski definition) is 2. The first-order valence-corrected chi connectivity index (χ1v) is 5.75. The number of methoxy groups -OCH3 is 1. The number of rotatable bonds is 6. The van der Waals surface area contributed by atoms with Crippen molar-refractivity contribution < 1.29 is 4.74 Å². The molecule has 0 radical (unpaired) electrons. The Morgan fingerprint density at radius 3 is 2.69 bits per heavy atom. The molecule has 3 N–H and O–H groups in total.